The van der Waals surface area contributed by atoms with Crippen LogP contribution in [0.3, 0.4) is 0 Å². The number of rotatable bonds is 4. The largest absolute Gasteiger partial charge is 0.294 e. The molecule has 3 rings (SSSR count). The molecule has 0 saturated heterocycles. The summed E-state index contributed by atoms with van der Waals surface area (Å²) in [6.07, 6.45) is 1.67. The van der Waals surface area contributed by atoms with Gasteiger partial charge in [-0.2, -0.15) is 0 Å². The maximum absolute atomic E-state index is 6.43. The molecule has 1 heterocycles. The quantitative estimate of drug-likeness (QED) is 0.617. The Labute approximate surface area is 134 Å². The first kappa shape index (κ1) is 14.4. The molecular weight excluding hydrogens is 303 g/mol. The first-order chi connectivity index (χ1) is 10.3. The van der Waals surface area contributed by atoms with Crippen molar-refractivity contribution in [2.75, 3.05) is 5.88 Å². The van der Waals surface area contributed by atoms with E-state index in [2.05, 4.69) is 29.7 Å². The van der Waals surface area contributed by atoms with Gasteiger partial charge < -0.3 is 0 Å². The van der Waals surface area contributed by atoms with Crippen LogP contribution in [-0.2, 0) is 12.8 Å². The van der Waals surface area contributed by atoms with Crippen molar-refractivity contribution < 1.29 is 0 Å². The second-order valence-corrected chi connectivity index (χ2v) is 5.68. The number of aryl methyl sites for hydroxylation is 2. The summed E-state index contributed by atoms with van der Waals surface area (Å²) < 4.78 is 2.15. The van der Waals surface area contributed by atoms with Crippen molar-refractivity contribution in [2.24, 2.45) is 0 Å². The summed E-state index contributed by atoms with van der Waals surface area (Å²) in [5.41, 5.74) is 4.27. The van der Waals surface area contributed by atoms with Crippen molar-refractivity contribution in [1.29, 1.82) is 0 Å². The number of imidazole rings is 1. The standard InChI is InChI=1S/C17H16Cl2N2/c1-2-12-6-3-4-9-15(12)21-16(10-11-18)20-14-8-5-7-13(19)17(14)21/h3-9H,2,10-11H2,1H3. The number of fused-ring (bicyclic) bond motifs is 1. The van der Waals surface area contributed by atoms with Gasteiger partial charge in [0.05, 0.1) is 21.7 Å². The van der Waals surface area contributed by atoms with Gasteiger partial charge in [0.1, 0.15) is 5.82 Å². The van der Waals surface area contributed by atoms with Crippen LogP contribution in [0.25, 0.3) is 16.7 Å². The maximum atomic E-state index is 6.43. The number of halogens is 2. The number of benzene rings is 2. The third kappa shape index (κ3) is 2.54. The molecule has 0 bridgehead atoms. The molecule has 21 heavy (non-hydrogen) atoms. The zero-order valence-corrected chi connectivity index (χ0v) is 13.3. The molecule has 0 saturated carbocycles. The molecule has 108 valence electrons. The fourth-order valence-electron chi connectivity index (χ4n) is 2.67. The van der Waals surface area contributed by atoms with Gasteiger partial charge in [-0.05, 0) is 30.2 Å². The molecule has 0 unspecified atom stereocenters. The predicted octanol–water partition coefficient (Wildman–Crippen LogP) is 5.02. The molecule has 0 N–H and O–H groups in total. The lowest BCUT2D eigenvalue weighted by Gasteiger charge is -2.13. The van der Waals surface area contributed by atoms with E-state index in [1.807, 2.05) is 24.3 Å². The number of hydrogen-bond donors (Lipinski definition) is 0. The monoisotopic (exact) mass is 318 g/mol. The van der Waals surface area contributed by atoms with Gasteiger partial charge in [0.15, 0.2) is 0 Å². The van der Waals surface area contributed by atoms with Crippen molar-refractivity contribution in [2.45, 2.75) is 19.8 Å². The van der Waals surface area contributed by atoms with Crippen LogP contribution in [-0.4, -0.2) is 15.4 Å². The fraction of sp³-hybridized carbons (Fsp3) is 0.235. The second kappa shape index (κ2) is 6.08. The van der Waals surface area contributed by atoms with E-state index in [9.17, 15) is 0 Å². The van der Waals surface area contributed by atoms with Gasteiger partial charge >= 0.3 is 0 Å². The first-order valence-electron chi connectivity index (χ1n) is 7.06. The third-order valence-corrected chi connectivity index (χ3v) is 4.12. The molecular formula is C17H16Cl2N2. The highest BCUT2D eigenvalue weighted by molar-refractivity contribution is 6.35. The van der Waals surface area contributed by atoms with E-state index in [1.165, 1.54) is 5.56 Å². The molecule has 0 spiro atoms. The average Bonchev–Trinajstić information content (AvgIpc) is 2.87. The van der Waals surface area contributed by atoms with E-state index in [4.69, 9.17) is 28.2 Å². The molecule has 0 radical (unpaired) electrons. The van der Waals surface area contributed by atoms with Crippen LogP contribution >= 0.6 is 23.2 Å². The van der Waals surface area contributed by atoms with E-state index in [1.54, 1.807) is 0 Å². The lowest BCUT2D eigenvalue weighted by molar-refractivity contribution is 0.899. The summed E-state index contributed by atoms with van der Waals surface area (Å²) in [4.78, 5) is 4.71. The van der Waals surface area contributed by atoms with E-state index >= 15 is 0 Å². The fourth-order valence-corrected chi connectivity index (χ4v) is 3.10. The Bertz CT molecular complexity index is 778. The van der Waals surface area contributed by atoms with Crippen LogP contribution < -0.4 is 0 Å². The number of nitrogens with zero attached hydrogens (tertiary/aromatic N) is 2. The van der Waals surface area contributed by atoms with Crippen molar-refractivity contribution >= 4 is 34.2 Å². The molecule has 3 aromatic rings. The highest BCUT2D eigenvalue weighted by atomic mass is 35.5. The maximum Gasteiger partial charge on any atom is 0.115 e. The number of alkyl halides is 1. The molecule has 2 aromatic carbocycles. The lowest BCUT2D eigenvalue weighted by Crippen LogP contribution is -2.05. The molecule has 0 fully saturated rings. The Morgan fingerprint density at radius 3 is 2.67 bits per heavy atom. The normalized spacial score (nSPS) is 11.2. The zero-order valence-electron chi connectivity index (χ0n) is 11.8. The van der Waals surface area contributed by atoms with E-state index in [-0.39, 0.29) is 0 Å². The summed E-state index contributed by atoms with van der Waals surface area (Å²) in [6, 6.07) is 14.2. The van der Waals surface area contributed by atoms with Crippen molar-refractivity contribution in [3.63, 3.8) is 0 Å². The minimum Gasteiger partial charge on any atom is -0.294 e. The van der Waals surface area contributed by atoms with E-state index in [0.717, 1.165) is 29.0 Å². The molecule has 0 aliphatic heterocycles. The lowest BCUT2D eigenvalue weighted by atomic mass is 10.1. The van der Waals surface area contributed by atoms with E-state index in [0.29, 0.717) is 17.3 Å². The minimum atomic E-state index is 0.537. The van der Waals surface area contributed by atoms with Crippen molar-refractivity contribution in [1.82, 2.24) is 9.55 Å². The smallest absolute Gasteiger partial charge is 0.115 e. The summed E-state index contributed by atoms with van der Waals surface area (Å²) in [7, 11) is 0. The summed E-state index contributed by atoms with van der Waals surface area (Å²) in [6.45, 7) is 2.15. The molecule has 0 aliphatic carbocycles. The van der Waals surface area contributed by atoms with Crippen LogP contribution in [0.2, 0.25) is 5.02 Å². The van der Waals surface area contributed by atoms with Gasteiger partial charge in [0.25, 0.3) is 0 Å². The van der Waals surface area contributed by atoms with Gasteiger partial charge in [-0.1, -0.05) is 42.8 Å². The number of aromatic nitrogens is 2. The first-order valence-corrected chi connectivity index (χ1v) is 7.97. The topological polar surface area (TPSA) is 17.8 Å². The number of hydrogen-bond acceptors (Lipinski definition) is 1. The van der Waals surface area contributed by atoms with Crippen molar-refractivity contribution in [3.8, 4) is 5.69 Å². The van der Waals surface area contributed by atoms with Crippen LogP contribution in [0.4, 0.5) is 0 Å². The Hall–Kier alpha value is -1.51. The van der Waals surface area contributed by atoms with Gasteiger partial charge in [0.2, 0.25) is 0 Å². The summed E-state index contributed by atoms with van der Waals surface area (Å²) in [5.74, 6) is 1.49. The van der Waals surface area contributed by atoms with E-state index < -0.39 is 0 Å². The zero-order chi connectivity index (χ0) is 14.8. The Kier molecular flexibility index (Phi) is 4.18. The van der Waals surface area contributed by atoms with Gasteiger partial charge in [0, 0.05) is 12.3 Å². The molecule has 0 atom stereocenters. The molecule has 4 heteroatoms. The summed E-state index contributed by atoms with van der Waals surface area (Å²) >= 11 is 12.4. The average molecular weight is 319 g/mol. The van der Waals surface area contributed by atoms with Gasteiger partial charge in [-0.25, -0.2) is 4.98 Å². The predicted molar refractivity (Wildman–Crippen MR) is 89.9 cm³/mol. The second-order valence-electron chi connectivity index (χ2n) is 4.89. The van der Waals surface area contributed by atoms with Crippen LogP contribution in [0.15, 0.2) is 42.5 Å². The molecule has 2 nitrogen and oxygen atoms in total. The Morgan fingerprint density at radius 1 is 1.10 bits per heavy atom. The van der Waals surface area contributed by atoms with Gasteiger partial charge in [-0.3, -0.25) is 4.57 Å². The summed E-state index contributed by atoms with van der Waals surface area (Å²) in [5, 5.41) is 0.715. The SMILES string of the molecule is CCc1ccccc1-n1c(CCCl)nc2cccc(Cl)c21. The highest BCUT2D eigenvalue weighted by Gasteiger charge is 2.16. The van der Waals surface area contributed by atoms with Crippen LogP contribution in [0.1, 0.15) is 18.3 Å². The van der Waals surface area contributed by atoms with Crippen molar-refractivity contribution in [3.05, 3.63) is 58.9 Å². The number of para-hydroxylation sites is 2. The van der Waals surface area contributed by atoms with Gasteiger partial charge in [-0.15, -0.1) is 11.6 Å². The van der Waals surface area contributed by atoms with Crippen LogP contribution in [0.5, 0.6) is 0 Å². The third-order valence-electron chi connectivity index (χ3n) is 3.63. The Balaban J connectivity index is 2.36. The molecule has 1 aromatic heterocycles. The highest BCUT2D eigenvalue weighted by Crippen LogP contribution is 2.29. The molecule has 0 amide bonds. The molecule has 0 aliphatic rings. The van der Waals surface area contributed by atoms with Crippen LogP contribution in [0, 0.1) is 0 Å². The Morgan fingerprint density at radius 2 is 1.90 bits per heavy atom. The minimum absolute atomic E-state index is 0.537.